The number of benzene rings is 2. The Hall–Kier alpha value is -3.28. The van der Waals surface area contributed by atoms with Gasteiger partial charge in [-0.05, 0) is 29.8 Å². The smallest absolute Gasteiger partial charge is 0.227 e. The molecule has 1 saturated heterocycles. The number of nitrogens with zero attached hydrogens (tertiary/aromatic N) is 2. The van der Waals surface area contributed by atoms with E-state index in [9.17, 15) is 9.59 Å². The monoisotopic (exact) mass is 376 g/mol. The molecule has 0 bridgehead atoms. The molecule has 6 heteroatoms. The molecule has 2 N–H and O–H groups in total. The van der Waals surface area contributed by atoms with Crippen LogP contribution in [0.2, 0.25) is 0 Å². The van der Waals surface area contributed by atoms with Crippen molar-refractivity contribution < 1.29 is 9.59 Å². The van der Waals surface area contributed by atoms with Crippen LogP contribution in [0.5, 0.6) is 0 Å². The highest BCUT2D eigenvalue weighted by atomic mass is 16.2. The third-order valence-electron chi connectivity index (χ3n) is 5.18. The molecule has 2 amide bonds. The van der Waals surface area contributed by atoms with Crippen molar-refractivity contribution in [1.29, 1.82) is 0 Å². The number of rotatable bonds is 4. The molecule has 0 saturated carbocycles. The first-order valence-corrected chi connectivity index (χ1v) is 9.55. The van der Waals surface area contributed by atoms with Crippen molar-refractivity contribution in [1.82, 2.24) is 9.88 Å². The zero-order valence-corrected chi connectivity index (χ0v) is 15.9. The van der Waals surface area contributed by atoms with Crippen LogP contribution in [-0.2, 0) is 16.0 Å². The van der Waals surface area contributed by atoms with Gasteiger partial charge in [0.2, 0.25) is 11.8 Å². The van der Waals surface area contributed by atoms with E-state index >= 15 is 0 Å². The largest absolute Gasteiger partial charge is 0.368 e. The highest BCUT2D eigenvalue weighted by Gasteiger charge is 2.22. The lowest BCUT2D eigenvalue weighted by Gasteiger charge is -2.36. The van der Waals surface area contributed by atoms with E-state index in [2.05, 4.69) is 21.3 Å². The Labute approximate surface area is 164 Å². The van der Waals surface area contributed by atoms with Gasteiger partial charge in [0.15, 0.2) is 0 Å². The molecule has 1 aliphatic heterocycles. The number of carbonyl (C=O) groups excluding carboxylic acids is 2. The van der Waals surface area contributed by atoms with E-state index in [0.717, 1.165) is 40.9 Å². The third kappa shape index (κ3) is 3.86. The van der Waals surface area contributed by atoms with E-state index in [-0.39, 0.29) is 11.8 Å². The molecule has 1 fully saturated rings. The van der Waals surface area contributed by atoms with Crippen LogP contribution in [0.25, 0.3) is 10.9 Å². The van der Waals surface area contributed by atoms with E-state index < -0.39 is 0 Å². The third-order valence-corrected chi connectivity index (χ3v) is 5.18. The van der Waals surface area contributed by atoms with Crippen molar-refractivity contribution in [3.05, 3.63) is 60.3 Å². The molecule has 0 radical (unpaired) electrons. The molecule has 0 atom stereocenters. The number of H-pyrrole nitrogens is 1. The maximum atomic E-state index is 12.8. The van der Waals surface area contributed by atoms with Gasteiger partial charge in [-0.3, -0.25) is 9.59 Å². The molecule has 0 aliphatic carbocycles. The Balaban J connectivity index is 1.37. The van der Waals surface area contributed by atoms with Gasteiger partial charge < -0.3 is 20.1 Å². The van der Waals surface area contributed by atoms with Crippen LogP contribution in [0.15, 0.2) is 54.7 Å². The Kier molecular flexibility index (Phi) is 5.02. The Bertz CT molecular complexity index is 1000. The molecular weight excluding hydrogens is 352 g/mol. The molecule has 0 spiro atoms. The molecule has 2 heterocycles. The minimum atomic E-state index is -0.0788. The molecule has 1 aliphatic rings. The molecular formula is C22H24N4O2. The first kappa shape index (κ1) is 18.1. The van der Waals surface area contributed by atoms with E-state index in [1.165, 1.54) is 6.92 Å². The lowest BCUT2D eigenvalue weighted by atomic mass is 10.1. The van der Waals surface area contributed by atoms with Crippen LogP contribution in [0.3, 0.4) is 0 Å². The Morgan fingerprint density at radius 1 is 1.04 bits per heavy atom. The summed E-state index contributed by atoms with van der Waals surface area (Å²) in [6.45, 7) is 4.47. The van der Waals surface area contributed by atoms with Gasteiger partial charge in [0.05, 0.1) is 6.42 Å². The van der Waals surface area contributed by atoms with Crippen LogP contribution in [0.4, 0.5) is 11.4 Å². The number of anilines is 2. The summed E-state index contributed by atoms with van der Waals surface area (Å²) in [5, 5.41) is 3.93. The van der Waals surface area contributed by atoms with Gasteiger partial charge in [0.1, 0.15) is 0 Å². The summed E-state index contributed by atoms with van der Waals surface area (Å²) in [4.78, 5) is 31.5. The fraction of sp³-hybridized carbons (Fsp3) is 0.273. The van der Waals surface area contributed by atoms with Crippen LogP contribution in [-0.4, -0.2) is 47.9 Å². The number of carbonyl (C=O) groups is 2. The number of aromatic amines is 1. The van der Waals surface area contributed by atoms with Crippen LogP contribution in [0.1, 0.15) is 12.5 Å². The number of fused-ring (bicyclic) bond motifs is 1. The molecule has 2 aromatic carbocycles. The average molecular weight is 376 g/mol. The second-order valence-corrected chi connectivity index (χ2v) is 7.14. The maximum absolute atomic E-state index is 12.8. The van der Waals surface area contributed by atoms with Crippen molar-refractivity contribution in [2.75, 3.05) is 36.4 Å². The van der Waals surface area contributed by atoms with E-state index in [1.54, 1.807) is 0 Å². The zero-order chi connectivity index (χ0) is 19.5. The van der Waals surface area contributed by atoms with Crippen molar-refractivity contribution in [2.24, 2.45) is 0 Å². The van der Waals surface area contributed by atoms with Gasteiger partial charge in [-0.25, -0.2) is 0 Å². The molecule has 3 aromatic rings. The fourth-order valence-corrected chi connectivity index (χ4v) is 3.75. The molecule has 1 aromatic heterocycles. The van der Waals surface area contributed by atoms with Crippen LogP contribution < -0.4 is 10.2 Å². The number of aromatic nitrogens is 1. The minimum Gasteiger partial charge on any atom is -0.368 e. The summed E-state index contributed by atoms with van der Waals surface area (Å²) in [6, 6.07) is 15.9. The summed E-state index contributed by atoms with van der Waals surface area (Å²) in [7, 11) is 0. The first-order chi connectivity index (χ1) is 13.6. The molecule has 0 unspecified atom stereocenters. The van der Waals surface area contributed by atoms with Gasteiger partial charge in [-0.1, -0.05) is 24.3 Å². The second-order valence-electron chi connectivity index (χ2n) is 7.14. The molecule has 144 valence electrons. The van der Waals surface area contributed by atoms with Crippen molar-refractivity contribution >= 4 is 34.1 Å². The van der Waals surface area contributed by atoms with Crippen LogP contribution >= 0.6 is 0 Å². The summed E-state index contributed by atoms with van der Waals surface area (Å²) < 4.78 is 0. The zero-order valence-electron chi connectivity index (χ0n) is 15.9. The van der Waals surface area contributed by atoms with Crippen molar-refractivity contribution in [3.63, 3.8) is 0 Å². The number of para-hydroxylation sites is 1. The van der Waals surface area contributed by atoms with E-state index in [0.29, 0.717) is 19.5 Å². The van der Waals surface area contributed by atoms with E-state index in [1.807, 2.05) is 53.6 Å². The Morgan fingerprint density at radius 2 is 1.82 bits per heavy atom. The fourth-order valence-electron chi connectivity index (χ4n) is 3.75. The SMILES string of the molecule is CC(=O)Nc1cccc(N2CCN(C(=O)Cc3c[nH]c4ccccc34)CC2)c1. The maximum Gasteiger partial charge on any atom is 0.227 e. The normalized spacial score (nSPS) is 14.3. The number of piperazine rings is 1. The number of hydrogen-bond acceptors (Lipinski definition) is 3. The quantitative estimate of drug-likeness (QED) is 0.735. The van der Waals surface area contributed by atoms with Gasteiger partial charge >= 0.3 is 0 Å². The molecule has 6 nitrogen and oxygen atoms in total. The number of nitrogens with one attached hydrogen (secondary N) is 2. The van der Waals surface area contributed by atoms with Crippen molar-refractivity contribution in [3.8, 4) is 0 Å². The standard InChI is InChI=1S/C22H24N4O2/c1-16(27)24-18-5-4-6-19(14-18)25-9-11-26(12-10-25)22(28)13-17-15-23-21-8-3-2-7-20(17)21/h2-8,14-15,23H,9-13H2,1H3,(H,24,27). The number of amides is 2. The summed E-state index contributed by atoms with van der Waals surface area (Å²) in [5.41, 5.74) is 3.97. The first-order valence-electron chi connectivity index (χ1n) is 9.55. The van der Waals surface area contributed by atoms with E-state index in [4.69, 9.17) is 0 Å². The number of hydrogen-bond donors (Lipinski definition) is 2. The van der Waals surface area contributed by atoms with Gasteiger partial charge in [0.25, 0.3) is 0 Å². The van der Waals surface area contributed by atoms with Gasteiger partial charge in [-0.2, -0.15) is 0 Å². The summed E-state index contributed by atoms with van der Waals surface area (Å²) >= 11 is 0. The highest BCUT2D eigenvalue weighted by Crippen LogP contribution is 2.22. The average Bonchev–Trinajstić information content (AvgIpc) is 3.11. The molecule has 28 heavy (non-hydrogen) atoms. The predicted molar refractivity (Wildman–Crippen MR) is 112 cm³/mol. The van der Waals surface area contributed by atoms with Crippen LogP contribution in [0, 0.1) is 0 Å². The van der Waals surface area contributed by atoms with Crippen molar-refractivity contribution in [2.45, 2.75) is 13.3 Å². The minimum absolute atomic E-state index is 0.0788. The van der Waals surface area contributed by atoms with Gasteiger partial charge in [-0.15, -0.1) is 0 Å². The topological polar surface area (TPSA) is 68.4 Å². The summed E-state index contributed by atoms with van der Waals surface area (Å²) in [6.07, 6.45) is 2.36. The lowest BCUT2D eigenvalue weighted by Crippen LogP contribution is -2.49. The molecule has 4 rings (SSSR count). The summed E-state index contributed by atoms with van der Waals surface area (Å²) in [5.74, 6) is 0.0845. The second kappa shape index (κ2) is 7.76. The van der Waals surface area contributed by atoms with Gasteiger partial charge in [0, 0.05) is 61.6 Å². The highest BCUT2D eigenvalue weighted by molar-refractivity contribution is 5.90. The lowest BCUT2D eigenvalue weighted by molar-refractivity contribution is -0.130. The Morgan fingerprint density at radius 3 is 2.61 bits per heavy atom. The predicted octanol–water partition coefficient (Wildman–Crippen LogP) is 3.02.